The number of halogens is 1. The Labute approximate surface area is 124 Å². The lowest BCUT2D eigenvalue weighted by molar-refractivity contribution is -0.122. The van der Waals surface area contributed by atoms with E-state index in [4.69, 9.17) is 0 Å². The number of ketones is 1. The van der Waals surface area contributed by atoms with Gasteiger partial charge in [0.2, 0.25) is 0 Å². The van der Waals surface area contributed by atoms with E-state index in [9.17, 15) is 14.0 Å². The molecule has 0 unspecified atom stereocenters. The van der Waals surface area contributed by atoms with Gasteiger partial charge in [-0.2, -0.15) is 0 Å². The molecule has 2 rings (SSSR count). The normalized spacial score (nSPS) is 17.2. The number of rotatable bonds is 5. The van der Waals surface area contributed by atoms with Crippen LogP contribution in [0.5, 0.6) is 0 Å². The Kier molecular flexibility index (Phi) is 5.48. The van der Waals surface area contributed by atoms with Crippen molar-refractivity contribution in [1.82, 2.24) is 5.32 Å². The monoisotopic (exact) mass is 291 g/mol. The molecule has 0 aromatic heterocycles. The van der Waals surface area contributed by atoms with Crippen LogP contribution >= 0.6 is 0 Å². The van der Waals surface area contributed by atoms with E-state index in [0.717, 1.165) is 25.7 Å². The van der Waals surface area contributed by atoms with Crippen LogP contribution in [0, 0.1) is 11.7 Å². The van der Waals surface area contributed by atoms with Gasteiger partial charge in [-0.05, 0) is 30.9 Å². The Balaban J connectivity index is 2.13. The van der Waals surface area contributed by atoms with E-state index in [-0.39, 0.29) is 17.3 Å². The van der Waals surface area contributed by atoms with Crippen LogP contribution in [0.3, 0.4) is 0 Å². The fourth-order valence-electron chi connectivity index (χ4n) is 3.01. The van der Waals surface area contributed by atoms with Crippen molar-refractivity contribution in [2.24, 2.45) is 5.92 Å². The third-order valence-corrected chi connectivity index (χ3v) is 4.22. The van der Waals surface area contributed by atoms with Gasteiger partial charge in [-0.3, -0.25) is 9.59 Å². The zero-order valence-corrected chi connectivity index (χ0v) is 12.4. The van der Waals surface area contributed by atoms with Gasteiger partial charge in [0, 0.05) is 6.42 Å². The van der Waals surface area contributed by atoms with E-state index in [1.54, 1.807) is 19.1 Å². The maximum absolute atomic E-state index is 13.7. The number of amides is 1. The highest BCUT2D eigenvalue weighted by Gasteiger charge is 2.30. The molecule has 21 heavy (non-hydrogen) atoms. The summed E-state index contributed by atoms with van der Waals surface area (Å²) in [7, 11) is 0. The molecule has 1 atom stereocenters. The van der Waals surface area contributed by atoms with Gasteiger partial charge in [0.1, 0.15) is 5.82 Å². The molecule has 1 aliphatic carbocycles. The van der Waals surface area contributed by atoms with E-state index in [2.05, 4.69) is 5.32 Å². The second-order valence-electron chi connectivity index (χ2n) is 5.65. The van der Waals surface area contributed by atoms with Crippen molar-refractivity contribution in [2.75, 3.05) is 0 Å². The molecule has 0 spiro atoms. The van der Waals surface area contributed by atoms with Crippen LogP contribution in [0.2, 0.25) is 0 Å². The maximum Gasteiger partial charge on any atom is 0.254 e. The molecule has 1 aromatic carbocycles. The van der Waals surface area contributed by atoms with Gasteiger partial charge >= 0.3 is 0 Å². The molecule has 1 fully saturated rings. The van der Waals surface area contributed by atoms with Crippen molar-refractivity contribution in [3.63, 3.8) is 0 Å². The summed E-state index contributed by atoms with van der Waals surface area (Å²) in [5, 5.41) is 2.77. The Morgan fingerprint density at radius 3 is 2.52 bits per heavy atom. The Morgan fingerprint density at radius 2 is 1.90 bits per heavy atom. The predicted octanol–water partition coefficient (Wildman–Crippen LogP) is 3.48. The van der Waals surface area contributed by atoms with Gasteiger partial charge in [0.15, 0.2) is 5.78 Å². The summed E-state index contributed by atoms with van der Waals surface area (Å²) in [4.78, 5) is 24.4. The van der Waals surface area contributed by atoms with Crippen molar-refractivity contribution in [2.45, 2.75) is 51.5 Å². The van der Waals surface area contributed by atoms with Gasteiger partial charge < -0.3 is 5.32 Å². The van der Waals surface area contributed by atoms with Gasteiger partial charge in [0.25, 0.3) is 5.91 Å². The predicted molar refractivity (Wildman–Crippen MR) is 79.5 cm³/mol. The average Bonchev–Trinajstić information content (AvgIpc) is 2.53. The number of hydrogen-bond donors (Lipinski definition) is 1. The molecule has 0 radical (unpaired) electrons. The molecule has 0 aliphatic heterocycles. The fraction of sp³-hybridized carbons (Fsp3) is 0.529. The molecule has 0 saturated heterocycles. The van der Waals surface area contributed by atoms with E-state index in [0.29, 0.717) is 6.42 Å². The van der Waals surface area contributed by atoms with Crippen LogP contribution in [-0.2, 0) is 4.79 Å². The van der Waals surface area contributed by atoms with Crippen molar-refractivity contribution >= 4 is 11.7 Å². The largest absolute Gasteiger partial charge is 0.342 e. The minimum Gasteiger partial charge on any atom is -0.342 e. The number of nitrogens with one attached hydrogen (secondary N) is 1. The molecular formula is C17H22FNO2. The van der Waals surface area contributed by atoms with Crippen LogP contribution in [-0.4, -0.2) is 17.7 Å². The van der Waals surface area contributed by atoms with Gasteiger partial charge in [-0.1, -0.05) is 38.3 Å². The summed E-state index contributed by atoms with van der Waals surface area (Å²) in [6.07, 6.45) is 5.66. The van der Waals surface area contributed by atoms with Crippen molar-refractivity contribution < 1.29 is 14.0 Å². The highest BCUT2D eigenvalue weighted by molar-refractivity contribution is 5.98. The minimum atomic E-state index is -0.554. The smallest absolute Gasteiger partial charge is 0.254 e. The summed E-state index contributed by atoms with van der Waals surface area (Å²) >= 11 is 0. The quantitative estimate of drug-likeness (QED) is 0.902. The standard InChI is InChI=1S/C17H22FNO2/c1-2-15(20)16(12-8-4-3-5-9-12)19-17(21)13-10-6-7-11-14(13)18/h6-7,10-12,16H,2-5,8-9H2,1H3,(H,19,21)/t16-/m1/s1. The second-order valence-corrected chi connectivity index (χ2v) is 5.65. The summed E-state index contributed by atoms with van der Waals surface area (Å²) in [6.45, 7) is 1.80. The molecule has 1 aromatic rings. The lowest BCUT2D eigenvalue weighted by Gasteiger charge is -2.29. The first-order valence-corrected chi connectivity index (χ1v) is 7.71. The first-order valence-electron chi connectivity index (χ1n) is 7.71. The average molecular weight is 291 g/mol. The first kappa shape index (κ1) is 15.7. The maximum atomic E-state index is 13.7. The molecule has 1 aliphatic rings. The second kappa shape index (κ2) is 7.34. The molecule has 1 N–H and O–H groups in total. The van der Waals surface area contributed by atoms with Crippen LogP contribution in [0.4, 0.5) is 4.39 Å². The molecule has 114 valence electrons. The van der Waals surface area contributed by atoms with Gasteiger partial charge in [-0.25, -0.2) is 4.39 Å². The minimum absolute atomic E-state index is 0.00205. The van der Waals surface area contributed by atoms with Crippen LogP contribution < -0.4 is 5.32 Å². The van der Waals surface area contributed by atoms with E-state index >= 15 is 0 Å². The zero-order chi connectivity index (χ0) is 15.2. The molecular weight excluding hydrogens is 269 g/mol. The van der Waals surface area contributed by atoms with Crippen LogP contribution in [0.15, 0.2) is 24.3 Å². The Bertz CT molecular complexity index is 509. The fourth-order valence-corrected chi connectivity index (χ4v) is 3.01. The third kappa shape index (κ3) is 3.90. The third-order valence-electron chi connectivity index (χ3n) is 4.22. The SMILES string of the molecule is CCC(=O)[C@H](NC(=O)c1ccccc1F)C1CCCCC1. The summed E-state index contributed by atoms with van der Waals surface area (Å²) in [6, 6.07) is 5.38. The number of carbonyl (C=O) groups excluding carboxylic acids is 2. The van der Waals surface area contributed by atoms with Crippen LogP contribution in [0.25, 0.3) is 0 Å². The zero-order valence-electron chi connectivity index (χ0n) is 12.4. The van der Waals surface area contributed by atoms with Gasteiger partial charge in [-0.15, -0.1) is 0 Å². The summed E-state index contributed by atoms with van der Waals surface area (Å²) in [5.74, 6) is -0.833. The van der Waals surface area contributed by atoms with Crippen molar-refractivity contribution in [3.05, 3.63) is 35.6 Å². The molecule has 1 saturated carbocycles. The molecule has 4 heteroatoms. The van der Waals surface area contributed by atoms with E-state index in [1.807, 2.05) is 0 Å². The van der Waals surface area contributed by atoms with E-state index < -0.39 is 17.8 Å². The number of carbonyl (C=O) groups is 2. The van der Waals surface area contributed by atoms with Crippen LogP contribution in [0.1, 0.15) is 55.8 Å². The molecule has 1 amide bonds. The van der Waals surface area contributed by atoms with E-state index in [1.165, 1.54) is 18.6 Å². The Hall–Kier alpha value is -1.71. The Morgan fingerprint density at radius 1 is 1.24 bits per heavy atom. The highest BCUT2D eigenvalue weighted by atomic mass is 19.1. The molecule has 0 heterocycles. The lowest BCUT2D eigenvalue weighted by atomic mass is 9.81. The first-order chi connectivity index (χ1) is 10.1. The lowest BCUT2D eigenvalue weighted by Crippen LogP contribution is -2.46. The van der Waals surface area contributed by atoms with Crippen molar-refractivity contribution in [3.8, 4) is 0 Å². The number of benzene rings is 1. The molecule has 0 bridgehead atoms. The molecule has 3 nitrogen and oxygen atoms in total. The number of hydrogen-bond acceptors (Lipinski definition) is 2. The van der Waals surface area contributed by atoms with Crippen molar-refractivity contribution in [1.29, 1.82) is 0 Å². The van der Waals surface area contributed by atoms with Gasteiger partial charge in [0.05, 0.1) is 11.6 Å². The summed E-state index contributed by atoms with van der Waals surface area (Å²) in [5.41, 5.74) is 0.00205. The number of Topliss-reactive ketones (excluding diaryl/α,β-unsaturated/α-hetero) is 1. The highest BCUT2D eigenvalue weighted by Crippen LogP contribution is 2.27. The summed E-state index contributed by atoms with van der Waals surface area (Å²) < 4.78 is 13.7. The topological polar surface area (TPSA) is 46.2 Å².